The molecule has 0 amide bonds. The van der Waals surface area contributed by atoms with Crippen molar-refractivity contribution in [1.82, 2.24) is 9.78 Å². The lowest BCUT2D eigenvalue weighted by Gasteiger charge is -2.29. The summed E-state index contributed by atoms with van der Waals surface area (Å²) in [6.45, 7) is 6.58. The molecule has 2 atom stereocenters. The highest BCUT2D eigenvalue weighted by Gasteiger charge is 2.27. The summed E-state index contributed by atoms with van der Waals surface area (Å²) in [5.41, 5.74) is 1.16. The molecule has 1 aromatic rings. The van der Waals surface area contributed by atoms with E-state index in [1.807, 2.05) is 10.9 Å². The van der Waals surface area contributed by atoms with Crippen LogP contribution in [0.2, 0.25) is 0 Å². The Labute approximate surface area is 90.3 Å². The van der Waals surface area contributed by atoms with Gasteiger partial charge in [0.2, 0.25) is 0 Å². The lowest BCUT2D eigenvalue weighted by molar-refractivity contribution is 0.253. The van der Waals surface area contributed by atoms with Gasteiger partial charge in [-0.2, -0.15) is 5.10 Å². The summed E-state index contributed by atoms with van der Waals surface area (Å²) in [6.07, 6.45) is 2.86. The Morgan fingerprint density at radius 3 is 3.00 bits per heavy atom. The monoisotopic (exact) mass is 209 g/mol. The van der Waals surface area contributed by atoms with Crippen molar-refractivity contribution in [1.29, 1.82) is 0 Å². The van der Waals surface area contributed by atoms with Gasteiger partial charge in [0.15, 0.2) is 0 Å². The van der Waals surface area contributed by atoms with E-state index >= 15 is 0 Å². The van der Waals surface area contributed by atoms with E-state index in [1.165, 1.54) is 0 Å². The van der Waals surface area contributed by atoms with Crippen molar-refractivity contribution in [3.05, 3.63) is 11.8 Å². The lowest BCUT2D eigenvalue weighted by Crippen LogP contribution is -2.28. The highest BCUT2D eigenvalue weighted by atomic mass is 16.3. The molecule has 0 fully saturated rings. The minimum atomic E-state index is 0.211. The molecule has 2 heterocycles. The first-order valence-corrected chi connectivity index (χ1v) is 5.58. The molecule has 2 rings (SSSR count). The zero-order chi connectivity index (χ0) is 11.0. The van der Waals surface area contributed by atoms with Crippen molar-refractivity contribution in [2.45, 2.75) is 45.2 Å². The maximum atomic E-state index is 9.34. The van der Waals surface area contributed by atoms with E-state index < -0.39 is 0 Å². The van der Waals surface area contributed by atoms with Crippen LogP contribution in [0.3, 0.4) is 0 Å². The van der Waals surface area contributed by atoms with Crippen LogP contribution in [0.1, 0.15) is 44.7 Å². The van der Waals surface area contributed by atoms with Crippen LogP contribution < -0.4 is 5.32 Å². The van der Waals surface area contributed by atoms with Gasteiger partial charge in [0.1, 0.15) is 5.82 Å². The molecule has 0 spiro atoms. The van der Waals surface area contributed by atoms with E-state index in [-0.39, 0.29) is 12.5 Å². The molecule has 4 heteroatoms. The summed E-state index contributed by atoms with van der Waals surface area (Å²) in [4.78, 5) is 0. The van der Waals surface area contributed by atoms with Crippen molar-refractivity contribution in [2.75, 3.05) is 11.9 Å². The molecule has 0 aliphatic carbocycles. The van der Waals surface area contributed by atoms with Crippen molar-refractivity contribution in [3.8, 4) is 0 Å². The first-order valence-electron chi connectivity index (χ1n) is 5.58. The van der Waals surface area contributed by atoms with Gasteiger partial charge in [-0.1, -0.05) is 0 Å². The Morgan fingerprint density at radius 1 is 1.67 bits per heavy atom. The zero-order valence-corrected chi connectivity index (χ0v) is 9.57. The molecule has 1 aliphatic rings. The Kier molecular flexibility index (Phi) is 2.69. The summed E-state index contributed by atoms with van der Waals surface area (Å²) >= 11 is 0. The first kappa shape index (κ1) is 10.5. The minimum absolute atomic E-state index is 0.211. The van der Waals surface area contributed by atoms with Gasteiger partial charge in [-0.15, -0.1) is 0 Å². The number of nitrogens with one attached hydrogen (secondary N) is 1. The number of anilines is 1. The third-order valence-corrected chi connectivity index (χ3v) is 2.99. The molecule has 0 unspecified atom stereocenters. The maximum Gasteiger partial charge on any atom is 0.128 e. The van der Waals surface area contributed by atoms with Crippen LogP contribution in [0.25, 0.3) is 0 Å². The van der Waals surface area contributed by atoms with Crippen molar-refractivity contribution < 1.29 is 5.11 Å². The van der Waals surface area contributed by atoms with Crippen LogP contribution in [-0.2, 0) is 0 Å². The lowest BCUT2D eigenvalue weighted by atomic mass is 9.91. The van der Waals surface area contributed by atoms with E-state index in [2.05, 4.69) is 31.2 Å². The number of hydrogen-bond acceptors (Lipinski definition) is 3. The van der Waals surface area contributed by atoms with Crippen LogP contribution in [0.4, 0.5) is 5.82 Å². The quantitative estimate of drug-likeness (QED) is 0.780. The summed E-state index contributed by atoms with van der Waals surface area (Å²) in [5.74, 6) is 1.33. The number of aliphatic hydroxyl groups is 1. The SMILES string of the molecule is CC(C)n1ncc2c1N[C@@H](C)C[C@H]2CO. The summed E-state index contributed by atoms with van der Waals surface area (Å²) < 4.78 is 1.99. The Morgan fingerprint density at radius 2 is 2.40 bits per heavy atom. The van der Waals surface area contributed by atoms with Gasteiger partial charge in [-0.3, -0.25) is 0 Å². The molecule has 0 radical (unpaired) electrons. The van der Waals surface area contributed by atoms with E-state index in [4.69, 9.17) is 0 Å². The zero-order valence-electron chi connectivity index (χ0n) is 9.57. The second-order valence-corrected chi connectivity index (χ2v) is 4.65. The van der Waals surface area contributed by atoms with E-state index in [9.17, 15) is 5.11 Å². The molecule has 84 valence electrons. The van der Waals surface area contributed by atoms with Gasteiger partial charge in [-0.25, -0.2) is 4.68 Å². The van der Waals surface area contributed by atoms with E-state index in [0.29, 0.717) is 12.1 Å². The maximum absolute atomic E-state index is 9.34. The number of hydrogen-bond donors (Lipinski definition) is 2. The summed E-state index contributed by atoms with van der Waals surface area (Å²) in [7, 11) is 0. The molecule has 0 saturated carbocycles. The molecule has 0 bridgehead atoms. The van der Waals surface area contributed by atoms with Crippen molar-refractivity contribution in [3.63, 3.8) is 0 Å². The highest BCUT2D eigenvalue weighted by molar-refractivity contribution is 5.50. The van der Waals surface area contributed by atoms with Crippen LogP contribution in [0.15, 0.2) is 6.20 Å². The summed E-state index contributed by atoms with van der Waals surface area (Å²) in [5, 5.41) is 17.2. The number of aliphatic hydroxyl groups excluding tert-OH is 1. The van der Waals surface area contributed by atoms with Gasteiger partial charge in [0.25, 0.3) is 0 Å². The predicted molar refractivity (Wildman–Crippen MR) is 60.1 cm³/mol. The van der Waals surface area contributed by atoms with Crippen LogP contribution >= 0.6 is 0 Å². The van der Waals surface area contributed by atoms with Gasteiger partial charge in [0.05, 0.1) is 12.8 Å². The molecular weight excluding hydrogens is 190 g/mol. The van der Waals surface area contributed by atoms with Crippen molar-refractivity contribution >= 4 is 5.82 Å². The average Bonchev–Trinajstić information content (AvgIpc) is 2.59. The predicted octanol–water partition coefficient (Wildman–Crippen LogP) is 1.74. The first-order chi connectivity index (χ1) is 7.13. The fourth-order valence-corrected chi connectivity index (χ4v) is 2.23. The van der Waals surface area contributed by atoms with Gasteiger partial charge < -0.3 is 10.4 Å². The minimum Gasteiger partial charge on any atom is -0.396 e. The molecule has 1 aromatic heterocycles. The fraction of sp³-hybridized carbons (Fsp3) is 0.727. The largest absolute Gasteiger partial charge is 0.396 e. The Bertz CT molecular complexity index is 346. The number of aromatic nitrogens is 2. The normalized spacial score (nSPS) is 25.1. The number of rotatable bonds is 2. The molecule has 1 aliphatic heterocycles. The second kappa shape index (κ2) is 3.85. The van der Waals surface area contributed by atoms with Gasteiger partial charge in [-0.05, 0) is 27.2 Å². The standard InChI is InChI=1S/C11H19N3O/c1-7(2)14-11-10(5-12-14)9(6-15)4-8(3)13-11/h5,7-9,13,15H,4,6H2,1-3H3/t8-,9-/m0/s1. The van der Waals surface area contributed by atoms with Gasteiger partial charge >= 0.3 is 0 Å². The second-order valence-electron chi connectivity index (χ2n) is 4.65. The van der Waals surface area contributed by atoms with Crippen LogP contribution in [-0.4, -0.2) is 27.5 Å². The smallest absolute Gasteiger partial charge is 0.128 e. The summed E-state index contributed by atoms with van der Waals surface area (Å²) in [6, 6.07) is 0.759. The van der Waals surface area contributed by atoms with E-state index in [1.54, 1.807) is 0 Å². The topological polar surface area (TPSA) is 50.1 Å². The molecule has 0 saturated heterocycles. The Hall–Kier alpha value is -1.03. The van der Waals surface area contributed by atoms with Gasteiger partial charge in [0, 0.05) is 23.6 Å². The van der Waals surface area contributed by atoms with Crippen molar-refractivity contribution in [2.24, 2.45) is 0 Å². The number of fused-ring (bicyclic) bond motifs is 1. The molecule has 15 heavy (non-hydrogen) atoms. The fourth-order valence-electron chi connectivity index (χ4n) is 2.23. The highest BCUT2D eigenvalue weighted by Crippen LogP contribution is 2.34. The third kappa shape index (κ3) is 1.74. The molecule has 0 aromatic carbocycles. The average molecular weight is 209 g/mol. The van der Waals surface area contributed by atoms with E-state index in [0.717, 1.165) is 17.8 Å². The molecule has 2 N–H and O–H groups in total. The molecular formula is C11H19N3O. The molecule has 4 nitrogen and oxygen atoms in total. The third-order valence-electron chi connectivity index (χ3n) is 2.99. The number of nitrogens with zero attached hydrogens (tertiary/aromatic N) is 2. The van der Waals surface area contributed by atoms with Crippen LogP contribution in [0.5, 0.6) is 0 Å². The Balaban J connectivity index is 2.39. The van der Waals surface area contributed by atoms with Crippen LogP contribution in [0, 0.1) is 0 Å².